The Hall–Kier alpha value is -0.870. The van der Waals surface area contributed by atoms with E-state index in [2.05, 4.69) is 34.4 Å². The molecule has 1 aromatic heterocycles. The minimum atomic E-state index is 0.197. The average Bonchev–Trinajstić information content (AvgIpc) is 2.54. The number of H-pyrrole nitrogens is 1. The largest absolute Gasteiger partial charge is 0.348 e. The van der Waals surface area contributed by atoms with Crippen LogP contribution in [-0.2, 0) is 6.42 Å². The summed E-state index contributed by atoms with van der Waals surface area (Å²) in [4.78, 5) is 7.15. The highest BCUT2D eigenvalue weighted by Crippen LogP contribution is 2.09. The second kappa shape index (κ2) is 3.71. The first-order chi connectivity index (χ1) is 6.66. The molecule has 0 bridgehead atoms. The van der Waals surface area contributed by atoms with E-state index >= 15 is 0 Å². The van der Waals surface area contributed by atoms with Crippen molar-refractivity contribution in [2.45, 2.75) is 31.8 Å². The van der Waals surface area contributed by atoms with Gasteiger partial charge in [0.05, 0.1) is 6.33 Å². The van der Waals surface area contributed by atoms with Gasteiger partial charge in [0.2, 0.25) is 0 Å². The van der Waals surface area contributed by atoms with Crippen LogP contribution in [-0.4, -0.2) is 34.6 Å². The van der Waals surface area contributed by atoms with Gasteiger partial charge in [-0.05, 0) is 13.8 Å². The summed E-state index contributed by atoms with van der Waals surface area (Å²) in [5.74, 6) is 0. The van der Waals surface area contributed by atoms with Crippen molar-refractivity contribution in [3.05, 3.63) is 18.2 Å². The van der Waals surface area contributed by atoms with Gasteiger partial charge in [0.25, 0.3) is 0 Å². The van der Waals surface area contributed by atoms with Gasteiger partial charge in [0.15, 0.2) is 0 Å². The summed E-state index contributed by atoms with van der Waals surface area (Å²) < 4.78 is 0. The number of nitrogens with one attached hydrogen (secondary N) is 3. The maximum Gasteiger partial charge on any atom is 0.0921 e. The number of hydrogen-bond acceptors (Lipinski definition) is 3. The Bertz CT molecular complexity index is 278. The zero-order valence-corrected chi connectivity index (χ0v) is 8.80. The Balaban J connectivity index is 1.92. The van der Waals surface area contributed by atoms with E-state index in [9.17, 15) is 0 Å². The predicted molar refractivity (Wildman–Crippen MR) is 56.2 cm³/mol. The van der Waals surface area contributed by atoms with Crippen molar-refractivity contribution < 1.29 is 0 Å². The van der Waals surface area contributed by atoms with Crippen LogP contribution in [0.4, 0.5) is 0 Å². The number of imidazole rings is 1. The maximum atomic E-state index is 4.02. The first-order valence-electron chi connectivity index (χ1n) is 5.11. The molecular weight excluding hydrogens is 176 g/mol. The van der Waals surface area contributed by atoms with Crippen molar-refractivity contribution in [2.24, 2.45) is 0 Å². The number of rotatable bonds is 2. The molecule has 0 radical (unpaired) electrons. The fourth-order valence-electron chi connectivity index (χ4n) is 2.00. The van der Waals surface area contributed by atoms with Gasteiger partial charge < -0.3 is 15.6 Å². The minimum absolute atomic E-state index is 0.197. The van der Waals surface area contributed by atoms with Crippen LogP contribution in [0.5, 0.6) is 0 Å². The maximum absolute atomic E-state index is 4.02. The molecular formula is C10H18N4. The van der Waals surface area contributed by atoms with E-state index in [-0.39, 0.29) is 5.54 Å². The summed E-state index contributed by atoms with van der Waals surface area (Å²) in [6.07, 6.45) is 4.64. The van der Waals surface area contributed by atoms with Crippen molar-refractivity contribution in [3.63, 3.8) is 0 Å². The molecule has 1 aliphatic rings. The predicted octanol–water partition coefficient (Wildman–Crippen LogP) is 0.292. The van der Waals surface area contributed by atoms with Crippen molar-refractivity contribution in [2.75, 3.05) is 13.1 Å². The molecule has 1 unspecified atom stereocenters. The SMILES string of the molecule is CC1(C)CNCC(Cc2cnc[nH]2)N1. The van der Waals surface area contributed by atoms with Crippen LogP contribution in [0.1, 0.15) is 19.5 Å². The van der Waals surface area contributed by atoms with Crippen LogP contribution in [0.15, 0.2) is 12.5 Å². The van der Waals surface area contributed by atoms with Gasteiger partial charge in [-0.2, -0.15) is 0 Å². The highest BCUT2D eigenvalue weighted by molar-refractivity contribution is 5.01. The molecule has 1 atom stereocenters. The van der Waals surface area contributed by atoms with Crippen LogP contribution in [0.2, 0.25) is 0 Å². The third-order valence-corrected chi connectivity index (χ3v) is 2.57. The Morgan fingerprint density at radius 3 is 3.07 bits per heavy atom. The van der Waals surface area contributed by atoms with Gasteiger partial charge in [0.1, 0.15) is 0 Å². The van der Waals surface area contributed by atoms with Crippen molar-refractivity contribution in [3.8, 4) is 0 Å². The van der Waals surface area contributed by atoms with Gasteiger partial charge in [-0.15, -0.1) is 0 Å². The van der Waals surface area contributed by atoms with E-state index in [0.29, 0.717) is 6.04 Å². The lowest BCUT2D eigenvalue weighted by molar-refractivity contribution is 0.260. The fourth-order valence-corrected chi connectivity index (χ4v) is 2.00. The van der Waals surface area contributed by atoms with E-state index in [4.69, 9.17) is 0 Å². The fraction of sp³-hybridized carbons (Fsp3) is 0.700. The smallest absolute Gasteiger partial charge is 0.0921 e. The van der Waals surface area contributed by atoms with Gasteiger partial charge in [-0.25, -0.2) is 4.98 Å². The summed E-state index contributed by atoms with van der Waals surface area (Å²) in [7, 11) is 0. The van der Waals surface area contributed by atoms with E-state index in [0.717, 1.165) is 19.5 Å². The van der Waals surface area contributed by atoms with E-state index in [1.807, 2.05) is 6.20 Å². The van der Waals surface area contributed by atoms with Crippen molar-refractivity contribution in [1.29, 1.82) is 0 Å². The quantitative estimate of drug-likeness (QED) is 0.634. The molecule has 1 aliphatic heterocycles. The number of hydrogen-bond donors (Lipinski definition) is 3. The number of piperazine rings is 1. The van der Waals surface area contributed by atoms with Gasteiger partial charge in [-0.3, -0.25) is 0 Å². The van der Waals surface area contributed by atoms with Gasteiger partial charge in [-0.1, -0.05) is 0 Å². The van der Waals surface area contributed by atoms with E-state index in [1.165, 1.54) is 5.69 Å². The lowest BCUT2D eigenvalue weighted by atomic mass is 9.98. The zero-order chi connectivity index (χ0) is 10.0. The van der Waals surface area contributed by atoms with Crippen molar-refractivity contribution >= 4 is 0 Å². The summed E-state index contributed by atoms with van der Waals surface area (Å²) in [6, 6.07) is 0.499. The Kier molecular flexibility index (Phi) is 2.56. The molecule has 0 amide bonds. The molecule has 1 fully saturated rings. The molecule has 2 rings (SSSR count). The number of nitrogens with zero attached hydrogens (tertiary/aromatic N) is 1. The molecule has 3 N–H and O–H groups in total. The standard InChI is InChI=1S/C10H18N4/c1-10(2)6-11-5-9(14-10)3-8-4-12-7-13-8/h4,7,9,11,14H,3,5-6H2,1-2H3,(H,12,13). The zero-order valence-electron chi connectivity index (χ0n) is 8.80. The molecule has 78 valence electrons. The topological polar surface area (TPSA) is 52.7 Å². The van der Waals surface area contributed by atoms with Crippen LogP contribution in [0.3, 0.4) is 0 Å². The molecule has 0 saturated carbocycles. The average molecular weight is 194 g/mol. The summed E-state index contributed by atoms with van der Waals surface area (Å²) >= 11 is 0. The number of aromatic nitrogens is 2. The molecule has 1 aromatic rings. The highest BCUT2D eigenvalue weighted by atomic mass is 15.1. The van der Waals surface area contributed by atoms with E-state index < -0.39 is 0 Å². The van der Waals surface area contributed by atoms with Gasteiger partial charge >= 0.3 is 0 Å². The summed E-state index contributed by atoms with van der Waals surface area (Å²) in [5, 5.41) is 7.06. The normalized spacial score (nSPS) is 26.3. The molecule has 4 heteroatoms. The number of aromatic amines is 1. The molecule has 0 aromatic carbocycles. The minimum Gasteiger partial charge on any atom is -0.348 e. The monoisotopic (exact) mass is 194 g/mol. The molecule has 1 saturated heterocycles. The third kappa shape index (κ3) is 2.33. The van der Waals surface area contributed by atoms with E-state index in [1.54, 1.807) is 6.33 Å². The molecule has 2 heterocycles. The Labute approximate surface area is 84.5 Å². The van der Waals surface area contributed by atoms with Crippen LogP contribution >= 0.6 is 0 Å². The van der Waals surface area contributed by atoms with Crippen LogP contribution < -0.4 is 10.6 Å². The lowest BCUT2D eigenvalue weighted by Crippen LogP contribution is -2.61. The second-order valence-electron chi connectivity index (χ2n) is 4.64. The molecule has 14 heavy (non-hydrogen) atoms. The van der Waals surface area contributed by atoms with Crippen molar-refractivity contribution in [1.82, 2.24) is 20.6 Å². The first kappa shape index (κ1) is 9.68. The van der Waals surface area contributed by atoms with Crippen LogP contribution in [0.25, 0.3) is 0 Å². The second-order valence-corrected chi connectivity index (χ2v) is 4.64. The lowest BCUT2D eigenvalue weighted by Gasteiger charge is -2.37. The Morgan fingerprint density at radius 1 is 1.57 bits per heavy atom. The highest BCUT2D eigenvalue weighted by Gasteiger charge is 2.26. The van der Waals surface area contributed by atoms with Crippen LogP contribution in [0, 0.1) is 0 Å². The third-order valence-electron chi connectivity index (χ3n) is 2.57. The molecule has 0 aliphatic carbocycles. The molecule has 4 nitrogen and oxygen atoms in total. The Morgan fingerprint density at radius 2 is 2.43 bits per heavy atom. The molecule has 0 spiro atoms. The van der Waals surface area contributed by atoms with Gasteiger partial charge in [0, 0.05) is 43.0 Å². The summed E-state index contributed by atoms with van der Waals surface area (Å²) in [6.45, 7) is 6.51. The first-order valence-corrected chi connectivity index (χ1v) is 5.11. The summed E-state index contributed by atoms with van der Waals surface area (Å²) in [5.41, 5.74) is 1.39.